The maximum absolute atomic E-state index is 6.03. The molecule has 5 nitrogen and oxygen atoms in total. The molecule has 0 radical (unpaired) electrons. The third-order valence-corrected chi connectivity index (χ3v) is 2.61. The average molecular weight is 235 g/mol. The molecular formula is C10H7ClN4O. The van der Waals surface area contributed by atoms with Gasteiger partial charge in [-0.1, -0.05) is 16.8 Å². The lowest BCUT2D eigenvalue weighted by atomic mass is 10.2. The Hall–Kier alpha value is -1.88. The number of hydrogen-bond acceptors (Lipinski definition) is 4. The van der Waals surface area contributed by atoms with Gasteiger partial charge in [0.05, 0.1) is 5.39 Å². The van der Waals surface area contributed by atoms with Crippen molar-refractivity contribution in [1.29, 1.82) is 0 Å². The fraction of sp³-hybridized carbons (Fsp3) is 0.100. The third kappa shape index (κ3) is 1.29. The molecule has 0 bridgehead atoms. The molecule has 0 aromatic carbocycles. The van der Waals surface area contributed by atoms with Gasteiger partial charge in [0.25, 0.3) is 0 Å². The van der Waals surface area contributed by atoms with Crippen LogP contribution in [0.4, 0.5) is 0 Å². The lowest BCUT2D eigenvalue weighted by Gasteiger charge is -1.94. The number of aryl methyl sites for hydroxylation is 1. The van der Waals surface area contributed by atoms with Crippen LogP contribution in [-0.4, -0.2) is 20.1 Å². The van der Waals surface area contributed by atoms with Gasteiger partial charge in [-0.3, -0.25) is 0 Å². The zero-order valence-electron chi connectivity index (χ0n) is 8.36. The van der Waals surface area contributed by atoms with Gasteiger partial charge in [-0.2, -0.15) is 0 Å². The van der Waals surface area contributed by atoms with Crippen molar-refractivity contribution in [1.82, 2.24) is 20.1 Å². The van der Waals surface area contributed by atoms with Crippen LogP contribution in [-0.2, 0) is 0 Å². The second-order valence-electron chi connectivity index (χ2n) is 3.41. The van der Waals surface area contributed by atoms with E-state index in [0.717, 1.165) is 22.4 Å². The normalized spacial score (nSPS) is 11.1. The fourth-order valence-electron chi connectivity index (χ4n) is 1.62. The molecule has 0 spiro atoms. The molecular weight excluding hydrogens is 228 g/mol. The molecule has 3 rings (SSSR count). The average Bonchev–Trinajstić information content (AvgIpc) is 2.84. The van der Waals surface area contributed by atoms with Crippen molar-refractivity contribution in [3.63, 3.8) is 0 Å². The highest BCUT2D eigenvalue weighted by atomic mass is 35.5. The first-order valence-electron chi connectivity index (χ1n) is 4.67. The molecule has 0 aliphatic rings. The first-order valence-corrected chi connectivity index (χ1v) is 5.05. The molecule has 0 atom stereocenters. The van der Waals surface area contributed by atoms with Crippen molar-refractivity contribution in [2.24, 2.45) is 0 Å². The zero-order chi connectivity index (χ0) is 11.1. The van der Waals surface area contributed by atoms with Crippen LogP contribution < -0.4 is 0 Å². The van der Waals surface area contributed by atoms with E-state index >= 15 is 0 Å². The number of nitrogens with zero attached hydrogens (tertiary/aromatic N) is 3. The van der Waals surface area contributed by atoms with Gasteiger partial charge < -0.3 is 9.51 Å². The minimum Gasteiger partial charge on any atom is -0.361 e. The van der Waals surface area contributed by atoms with E-state index < -0.39 is 0 Å². The Morgan fingerprint density at radius 2 is 2.25 bits per heavy atom. The quantitative estimate of drug-likeness (QED) is 0.657. The summed E-state index contributed by atoms with van der Waals surface area (Å²) in [6.07, 6.45) is 3.21. The number of aromatic amines is 1. The van der Waals surface area contributed by atoms with Gasteiger partial charge in [0.2, 0.25) is 0 Å². The Kier molecular flexibility index (Phi) is 1.94. The lowest BCUT2D eigenvalue weighted by Crippen LogP contribution is -1.82. The van der Waals surface area contributed by atoms with Gasteiger partial charge in [0.1, 0.15) is 28.6 Å². The molecule has 3 aromatic heterocycles. The molecule has 0 amide bonds. The van der Waals surface area contributed by atoms with Crippen LogP contribution in [0.25, 0.3) is 22.3 Å². The standard InChI is InChI=1S/C10H7ClN4O/c1-5-2-7(15-16-5)6-3-12-10-8(6)9(11)13-4-14-10/h2-4H,1H3,(H,12,13,14). The van der Waals surface area contributed by atoms with Crippen LogP contribution >= 0.6 is 11.6 Å². The van der Waals surface area contributed by atoms with Crippen LogP contribution in [0.15, 0.2) is 23.1 Å². The van der Waals surface area contributed by atoms with Crippen molar-refractivity contribution in [2.75, 3.05) is 0 Å². The highest BCUT2D eigenvalue weighted by Crippen LogP contribution is 2.30. The molecule has 16 heavy (non-hydrogen) atoms. The Labute approximate surface area is 95.5 Å². The van der Waals surface area contributed by atoms with Gasteiger partial charge in [-0.25, -0.2) is 9.97 Å². The first-order chi connectivity index (χ1) is 7.75. The Morgan fingerprint density at radius 3 is 3.00 bits per heavy atom. The number of halogens is 1. The minimum absolute atomic E-state index is 0.405. The van der Waals surface area contributed by atoms with Crippen LogP contribution in [0.1, 0.15) is 5.76 Å². The molecule has 3 aromatic rings. The largest absolute Gasteiger partial charge is 0.361 e. The summed E-state index contributed by atoms with van der Waals surface area (Å²) in [4.78, 5) is 11.1. The molecule has 3 heterocycles. The third-order valence-electron chi connectivity index (χ3n) is 2.33. The monoisotopic (exact) mass is 234 g/mol. The van der Waals surface area contributed by atoms with Gasteiger partial charge in [0, 0.05) is 17.8 Å². The predicted molar refractivity (Wildman–Crippen MR) is 59.1 cm³/mol. The molecule has 0 aliphatic heterocycles. The summed E-state index contributed by atoms with van der Waals surface area (Å²) >= 11 is 6.03. The summed E-state index contributed by atoms with van der Waals surface area (Å²) < 4.78 is 5.03. The molecule has 6 heteroatoms. The number of fused-ring (bicyclic) bond motifs is 1. The highest BCUT2D eigenvalue weighted by molar-refractivity contribution is 6.35. The summed E-state index contributed by atoms with van der Waals surface area (Å²) in [5.41, 5.74) is 2.26. The number of hydrogen-bond donors (Lipinski definition) is 1. The van der Waals surface area contributed by atoms with E-state index in [1.807, 2.05) is 13.0 Å². The van der Waals surface area contributed by atoms with E-state index in [2.05, 4.69) is 20.1 Å². The molecule has 0 saturated heterocycles. The number of rotatable bonds is 1. The van der Waals surface area contributed by atoms with Gasteiger partial charge in [-0.05, 0) is 6.92 Å². The van der Waals surface area contributed by atoms with Crippen molar-refractivity contribution in [3.8, 4) is 11.3 Å². The lowest BCUT2D eigenvalue weighted by molar-refractivity contribution is 0.399. The van der Waals surface area contributed by atoms with Crippen molar-refractivity contribution in [3.05, 3.63) is 29.5 Å². The summed E-state index contributed by atoms with van der Waals surface area (Å²) in [5.74, 6) is 0.748. The van der Waals surface area contributed by atoms with Gasteiger partial charge in [-0.15, -0.1) is 0 Å². The fourth-order valence-corrected chi connectivity index (χ4v) is 1.86. The Morgan fingerprint density at radius 1 is 1.38 bits per heavy atom. The Balaban J connectivity index is 2.32. The van der Waals surface area contributed by atoms with Crippen molar-refractivity contribution >= 4 is 22.6 Å². The second kappa shape index (κ2) is 3.31. The SMILES string of the molecule is Cc1cc(-c2c[nH]c3ncnc(Cl)c23)no1. The van der Waals surface area contributed by atoms with E-state index in [0.29, 0.717) is 10.8 Å². The predicted octanol–water partition coefficient (Wildman–Crippen LogP) is 2.57. The number of H-pyrrole nitrogens is 1. The number of nitrogens with one attached hydrogen (secondary N) is 1. The Bertz CT molecular complexity index is 658. The van der Waals surface area contributed by atoms with Crippen molar-refractivity contribution < 1.29 is 4.52 Å². The maximum Gasteiger partial charge on any atom is 0.142 e. The van der Waals surface area contributed by atoms with E-state index in [-0.39, 0.29) is 0 Å². The summed E-state index contributed by atoms with van der Waals surface area (Å²) in [5, 5.41) is 5.11. The van der Waals surface area contributed by atoms with Crippen LogP contribution in [0.2, 0.25) is 5.15 Å². The smallest absolute Gasteiger partial charge is 0.142 e. The molecule has 0 unspecified atom stereocenters. The number of aromatic nitrogens is 4. The van der Waals surface area contributed by atoms with Crippen LogP contribution in [0.3, 0.4) is 0 Å². The molecule has 80 valence electrons. The van der Waals surface area contributed by atoms with E-state index in [9.17, 15) is 0 Å². The van der Waals surface area contributed by atoms with E-state index in [1.54, 1.807) is 6.20 Å². The van der Waals surface area contributed by atoms with E-state index in [4.69, 9.17) is 16.1 Å². The highest BCUT2D eigenvalue weighted by Gasteiger charge is 2.13. The first kappa shape index (κ1) is 9.35. The van der Waals surface area contributed by atoms with Crippen LogP contribution in [0.5, 0.6) is 0 Å². The molecule has 0 aliphatic carbocycles. The zero-order valence-corrected chi connectivity index (χ0v) is 9.12. The molecule has 0 fully saturated rings. The van der Waals surface area contributed by atoms with E-state index in [1.165, 1.54) is 6.33 Å². The molecule has 0 saturated carbocycles. The molecule has 1 N–H and O–H groups in total. The van der Waals surface area contributed by atoms with Crippen molar-refractivity contribution in [2.45, 2.75) is 6.92 Å². The van der Waals surface area contributed by atoms with Crippen LogP contribution in [0, 0.1) is 6.92 Å². The van der Waals surface area contributed by atoms with Gasteiger partial charge >= 0.3 is 0 Å². The summed E-state index contributed by atoms with van der Waals surface area (Å²) in [7, 11) is 0. The van der Waals surface area contributed by atoms with Gasteiger partial charge in [0.15, 0.2) is 0 Å². The second-order valence-corrected chi connectivity index (χ2v) is 3.77. The minimum atomic E-state index is 0.405. The summed E-state index contributed by atoms with van der Waals surface area (Å²) in [6.45, 7) is 1.84. The summed E-state index contributed by atoms with van der Waals surface area (Å²) in [6, 6.07) is 1.84. The maximum atomic E-state index is 6.03. The topological polar surface area (TPSA) is 67.6 Å².